The second-order valence-corrected chi connectivity index (χ2v) is 7.12. The van der Waals surface area contributed by atoms with E-state index in [0.717, 1.165) is 48.7 Å². The molecule has 3 rings (SSSR count). The van der Waals surface area contributed by atoms with Crippen molar-refractivity contribution in [2.24, 2.45) is 0 Å². The third kappa shape index (κ3) is 4.99. The first-order valence-electron chi connectivity index (χ1n) is 9.15. The molecule has 26 heavy (non-hydrogen) atoms. The molecule has 1 heterocycles. The maximum atomic E-state index is 12.2. The first kappa shape index (κ1) is 18.3. The van der Waals surface area contributed by atoms with Crippen LogP contribution < -0.4 is 15.5 Å². The van der Waals surface area contributed by atoms with Crippen LogP contribution in [-0.4, -0.2) is 50.6 Å². The third-order valence-electron chi connectivity index (χ3n) is 4.69. The van der Waals surface area contributed by atoms with Gasteiger partial charge < -0.3 is 20.4 Å². The van der Waals surface area contributed by atoms with Gasteiger partial charge in [-0.2, -0.15) is 0 Å². The first-order chi connectivity index (χ1) is 12.5. The maximum absolute atomic E-state index is 12.2. The molecular weight excluding hydrogens is 324 g/mol. The van der Waals surface area contributed by atoms with Gasteiger partial charge in [-0.05, 0) is 68.4 Å². The van der Waals surface area contributed by atoms with Gasteiger partial charge in [-0.3, -0.25) is 4.79 Å². The van der Waals surface area contributed by atoms with Crippen LogP contribution >= 0.6 is 0 Å². The predicted molar refractivity (Wildman–Crippen MR) is 109 cm³/mol. The van der Waals surface area contributed by atoms with Crippen LogP contribution in [0.5, 0.6) is 0 Å². The van der Waals surface area contributed by atoms with Crippen molar-refractivity contribution in [3.05, 3.63) is 53.6 Å². The number of nitrogens with zero attached hydrogens (tertiary/aromatic N) is 2. The van der Waals surface area contributed by atoms with Crippen LogP contribution in [0.2, 0.25) is 0 Å². The zero-order chi connectivity index (χ0) is 18.5. The van der Waals surface area contributed by atoms with Crippen LogP contribution in [0.15, 0.2) is 42.5 Å². The Bertz CT molecular complexity index is 729. The van der Waals surface area contributed by atoms with Gasteiger partial charge in [-0.15, -0.1) is 0 Å². The van der Waals surface area contributed by atoms with Crippen molar-refractivity contribution < 1.29 is 4.79 Å². The molecule has 1 amide bonds. The molecular formula is C21H28N4O. The largest absolute Gasteiger partial charge is 0.376 e. The van der Waals surface area contributed by atoms with E-state index in [0.29, 0.717) is 0 Å². The number of piperazine rings is 1. The molecule has 5 nitrogen and oxygen atoms in total. The Labute approximate surface area is 156 Å². The molecule has 0 aliphatic carbocycles. The van der Waals surface area contributed by atoms with Crippen molar-refractivity contribution in [2.75, 3.05) is 55.3 Å². The lowest BCUT2D eigenvalue weighted by atomic mass is 10.1. The van der Waals surface area contributed by atoms with Crippen molar-refractivity contribution in [3.63, 3.8) is 0 Å². The van der Waals surface area contributed by atoms with E-state index in [4.69, 9.17) is 0 Å². The van der Waals surface area contributed by atoms with Gasteiger partial charge in [0.25, 0.3) is 0 Å². The minimum absolute atomic E-state index is 0.0434. The van der Waals surface area contributed by atoms with Gasteiger partial charge in [-0.25, -0.2) is 0 Å². The quantitative estimate of drug-likeness (QED) is 0.868. The second-order valence-electron chi connectivity index (χ2n) is 7.12. The molecule has 2 N–H and O–H groups in total. The summed E-state index contributed by atoms with van der Waals surface area (Å²) in [5.41, 5.74) is 5.34. The average molecular weight is 352 g/mol. The van der Waals surface area contributed by atoms with Crippen LogP contribution in [-0.2, 0) is 4.79 Å². The third-order valence-corrected chi connectivity index (χ3v) is 4.69. The van der Waals surface area contributed by atoms with Crippen molar-refractivity contribution in [3.8, 4) is 0 Å². The van der Waals surface area contributed by atoms with E-state index in [-0.39, 0.29) is 12.5 Å². The molecule has 0 spiro atoms. The highest BCUT2D eigenvalue weighted by atomic mass is 16.1. The van der Waals surface area contributed by atoms with Gasteiger partial charge in [0.05, 0.1) is 6.54 Å². The van der Waals surface area contributed by atoms with Gasteiger partial charge in [0, 0.05) is 43.2 Å². The van der Waals surface area contributed by atoms with Gasteiger partial charge in [-0.1, -0.05) is 6.07 Å². The highest BCUT2D eigenvalue weighted by molar-refractivity contribution is 5.93. The molecule has 0 unspecified atom stereocenters. The fraction of sp³-hybridized carbons (Fsp3) is 0.381. The van der Waals surface area contributed by atoms with Crippen LogP contribution in [0.4, 0.5) is 17.1 Å². The summed E-state index contributed by atoms with van der Waals surface area (Å²) in [6, 6.07) is 14.4. The molecule has 0 atom stereocenters. The van der Waals surface area contributed by atoms with Crippen molar-refractivity contribution in [1.82, 2.24) is 4.90 Å². The normalized spacial score (nSPS) is 15.0. The molecule has 5 heteroatoms. The first-order valence-corrected chi connectivity index (χ1v) is 9.15. The highest BCUT2D eigenvalue weighted by Crippen LogP contribution is 2.19. The second kappa shape index (κ2) is 8.23. The number of amides is 1. The van der Waals surface area contributed by atoms with E-state index in [1.165, 1.54) is 5.69 Å². The Morgan fingerprint density at radius 3 is 2.15 bits per heavy atom. The molecule has 2 aromatic rings. The summed E-state index contributed by atoms with van der Waals surface area (Å²) in [6.45, 7) is 8.62. The number of aryl methyl sites for hydroxylation is 2. The van der Waals surface area contributed by atoms with E-state index in [1.807, 2.05) is 38.1 Å². The van der Waals surface area contributed by atoms with E-state index >= 15 is 0 Å². The van der Waals surface area contributed by atoms with Gasteiger partial charge in [0.2, 0.25) is 5.91 Å². The molecule has 1 saturated heterocycles. The van der Waals surface area contributed by atoms with Crippen LogP contribution in [0.25, 0.3) is 0 Å². The molecule has 0 aromatic heterocycles. The summed E-state index contributed by atoms with van der Waals surface area (Å²) in [5, 5.41) is 6.14. The van der Waals surface area contributed by atoms with E-state index < -0.39 is 0 Å². The van der Waals surface area contributed by atoms with Crippen molar-refractivity contribution in [2.45, 2.75) is 13.8 Å². The topological polar surface area (TPSA) is 47.6 Å². The lowest BCUT2D eigenvalue weighted by Crippen LogP contribution is -2.44. The zero-order valence-corrected chi connectivity index (χ0v) is 15.9. The predicted octanol–water partition coefficient (Wildman–Crippen LogP) is 3.11. The van der Waals surface area contributed by atoms with E-state index in [1.54, 1.807) is 0 Å². The fourth-order valence-corrected chi connectivity index (χ4v) is 3.29. The number of benzene rings is 2. The van der Waals surface area contributed by atoms with Crippen LogP contribution in [0.3, 0.4) is 0 Å². The summed E-state index contributed by atoms with van der Waals surface area (Å²) >= 11 is 0. The van der Waals surface area contributed by atoms with Gasteiger partial charge in [0.1, 0.15) is 0 Å². The molecule has 0 saturated carbocycles. The summed E-state index contributed by atoms with van der Waals surface area (Å²) in [4.78, 5) is 16.9. The Morgan fingerprint density at radius 1 is 0.923 bits per heavy atom. The van der Waals surface area contributed by atoms with Crippen molar-refractivity contribution in [1.29, 1.82) is 0 Å². The SMILES string of the molecule is Cc1cc(C)cc(NC(=O)CNc2ccc(N3CCN(C)CC3)cc2)c1. The summed E-state index contributed by atoms with van der Waals surface area (Å²) in [7, 11) is 2.16. The van der Waals surface area contributed by atoms with Crippen LogP contribution in [0, 0.1) is 13.8 Å². The Hall–Kier alpha value is -2.53. The molecule has 1 aliphatic heterocycles. The molecule has 1 aliphatic rings. The Morgan fingerprint density at radius 2 is 1.54 bits per heavy atom. The average Bonchev–Trinajstić information content (AvgIpc) is 2.60. The highest BCUT2D eigenvalue weighted by Gasteiger charge is 2.14. The Kier molecular flexibility index (Phi) is 5.78. The number of anilines is 3. The number of hydrogen-bond acceptors (Lipinski definition) is 4. The smallest absolute Gasteiger partial charge is 0.243 e. The lowest BCUT2D eigenvalue weighted by Gasteiger charge is -2.34. The number of likely N-dealkylation sites (N-methyl/N-ethyl adjacent to an activating group) is 1. The standard InChI is InChI=1S/C21H28N4O/c1-16-12-17(2)14-19(13-16)23-21(26)15-22-18-4-6-20(7-5-18)25-10-8-24(3)9-11-25/h4-7,12-14,22H,8-11,15H2,1-3H3,(H,23,26). The van der Waals surface area contributed by atoms with Crippen molar-refractivity contribution >= 4 is 23.0 Å². The van der Waals surface area contributed by atoms with Crippen LogP contribution in [0.1, 0.15) is 11.1 Å². The monoisotopic (exact) mass is 352 g/mol. The van der Waals surface area contributed by atoms with E-state index in [9.17, 15) is 4.79 Å². The number of rotatable bonds is 5. The Balaban J connectivity index is 1.50. The number of hydrogen-bond donors (Lipinski definition) is 2. The summed E-state index contributed by atoms with van der Waals surface area (Å²) in [6.07, 6.45) is 0. The molecule has 138 valence electrons. The van der Waals surface area contributed by atoms with Gasteiger partial charge in [0.15, 0.2) is 0 Å². The lowest BCUT2D eigenvalue weighted by molar-refractivity contribution is -0.114. The zero-order valence-electron chi connectivity index (χ0n) is 15.9. The fourth-order valence-electron chi connectivity index (χ4n) is 3.29. The number of nitrogens with one attached hydrogen (secondary N) is 2. The number of carbonyl (C=O) groups is 1. The maximum Gasteiger partial charge on any atom is 0.243 e. The molecule has 1 fully saturated rings. The van der Waals surface area contributed by atoms with Gasteiger partial charge >= 0.3 is 0 Å². The summed E-state index contributed by atoms with van der Waals surface area (Å²) < 4.78 is 0. The summed E-state index contributed by atoms with van der Waals surface area (Å²) in [5.74, 6) is -0.0434. The molecule has 0 radical (unpaired) electrons. The minimum atomic E-state index is -0.0434. The minimum Gasteiger partial charge on any atom is -0.376 e. The molecule has 0 bridgehead atoms. The molecule has 2 aromatic carbocycles. The van der Waals surface area contributed by atoms with E-state index in [2.05, 4.69) is 45.7 Å². The number of carbonyl (C=O) groups excluding carboxylic acids is 1.